The number of hydrogen-bond donors (Lipinski definition) is 3. The monoisotopic (exact) mass is 275 g/mol. The zero-order chi connectivity index (χ0) is 14.8. The Kier molecular flexibility index (Phi) is 6.65. The van der Waals surface area contributed by atoms with Gasteiger partial charge in [-0.1, -0.05) is 0 Å². The smallest absolute Gasteiger partial charge is 0.267 e. The number of carbonyl (C=O) groups excluding carboxylic acids is 1. The van der Waals surface area contributed by atoms with Gasteiger partial charge in [-0.3, -0.25) is 4.79 Å². The summed E-state index contributed by atoms with van der Waals surface area (Å²) in [6.07, 6.45) is 1.89. The van der Waals surface area contributed by atoms with Gasteiger partial charge in [-0.2, -0.15) is 5.26 Å². The van der Waals surface area contributed by atoms with E-state index in [0.717, 1.165) is 0 Å². The Morgan fingerprint density at radius 1 is 1.45 bits per heavy atom. The molecule has 0 bridgehead atoms. The number of carbonyl (C=O) groups is 1. The second-order valence-electron chi connectivity index (χ2n) is 3.88. The van der Waals surface area contributed by atoms with E-state index < -0.39 is 5.91 Å². The molecule has 3 N–H and O–H groups in total. The van der Waals surface area contributed by atoms with E-state index in [0.29, 0.717) is 24.4 Å². The van der Waals surface area contributed by atoms with E-state index in [1.165, 1.54) is 6.20 Å². The Bertz CT molecular complexity index is 503. The molecule has 0 aromatic heterocycles. The Morgan fingerprint density at radius 3 is 2.70 bits per heavy atom. The SMILES string of the molecule is COc1ccc(NC(=O)/C(C#N)=C\NCCCO)cc1. The molecule has 1 rings (SSSR count). The molecule has 106 valence electrons. The highest BCUT2D eigenvalue weighted by Gasteiger charge is 2.08. The Labute approximate surface area is 117 Å². The lowest BCUT2D eigenvalue weighted by Gasteiger charge is -2.06. The van der Waals surface area contributed by atoms with Crippen LogP contribution >= 0.6 is 0 Å². The molecule has 0 radical (unpaired) electrons. The van der Waals surface area contributed by atoms with Crippen LogP contribution in [0.4, 0.5) is 5.69 Å². The number of anilines is 1. The van der Waals surface area contributed by atoms with E-state index >= 15 is 0 Å². The number of methoxy groups -OCH3 is 1. The molecule has 0 fully saturated rings. The van der Waals surface area contributed by atoms with Crippen LogP contribution in [0.1, 0.15) is 6.42 Å². The maximum atomic E-state index is 11.8. The average Bonchev–Trinajstić information content (AvgIpc) is 2.48. The number of ether oxygens (including phenoxy) is 1. The third kappa shape index (κ3) is 5.00. The highest BCUT2D eigenvalue weighted by atomic mass is 16.5. The molecule has 0 aliphatic rings. The van der Waals surface area contributed by atoms with Gasteiger partial charge in [0, 0.05) is 25.0 Å². The summed E-state index contributed by atoms with van der Waals surface area (Å²) in [5.74, 6) is 0.193. The van der Waals surface area contributed by atoms with Crippen LogP contribution in [0.3, 0.4) is 0 Å². The molecule has 0 saturated heterocycles. The average molecular weight is 275 g/mol. The quantitative estimate of drug-likeness (QED) is 0.392. The molecule has 0 unspecified atom stereocenters. The van der Waals surface area contributed by atoms with Crippen LogP contribution in [0.2, 0.25) is 0 Å². The van der Waals surface area contributed by atoms with E-state index in [1.807, 2.05) is 6.07 Å². The summed E-state index contributed by atoms with van der Waals surface area (Å²) in [5.41, 5.74) is 0.547. The number of nitrogens with one attached hydrogen (secondary N) is 2. The molecule has 0 saturated carbocycles. The first kappa shape index (κ1) is 15.5. The molecule has 0 aliphatic heterocycles. The number of amides is 1. The van der Waals surface area contributed by atoms with Crippen molar-refractivity contribution in [2.45, 2.75) is 6.42 Å². The van der Waals surface area contributed by atoms with Gasteiger partial charge in [-0.05, 0) is 30.7 Å². The number of hydrogen-bond acceptors (Lipinski definition) is 5. The fourth-order valence-corrected chi connectivity index (χ4v) is 1.38. The predicted octanol–water partition coefficient (Wildman–Crippen LogP) is 1.01. The van der Waals surface area contributed by atoms with E-state index in [4.69, 9.17) is 15.1 Å². The zero-order valence-electron chi connectivity index (χ0n) is 11.2. The van der Waals surface area contributed by atoms with E-state index in [1.54, 1.807) is 31.4 Å². The first-order valence-electron chi connectivity index (χ1n) is 6.11. The lowest BCUT2D eigenvalue weighted by molar-refractivity contribution is -0.112. The van der Waals surface area contributed by atoms with Crippen molar-refractivity contribution in [2.24, 2.45) is 0 Å². The zero-order valence-corrected chi connectivity index (χ0v) is 11.2. The van der Waals surface area contributed by atoms with E-state index in [-0.39, 0.29) is 12.2 Å². The number of nitrogens with zero attached hydrogens (tertiary/aromatic N) is 1. The molecule has 1 aromatic rings. The number of benzene rings is 1. The number of nitriles is 1. The van der Waals surface area contributed by atoms with Gasteiger partial charge in [-0.15, -0.1) is 0 Å². The minimum atomic E-state index is -0.492. The lowest BCUT2D eigenvalue weighted by atomic mass is 10.2. The molecule has 6 heteroatoms. The van der Waals surface area contributed by atoms with Crippen molar-refractivity contribution in [1.82, 2.24) is 5.32 Å². The van der Waals surface area contributed by atoms with Crippen molar-refractivity contribution >= 4 is 11.6 Å². The highest BCUT2D eigenvalue weighted by Crippen LogP contribution is 2.15. The topological polar surface area (TPSA) is 94.4 Å². The summed E-state index contributed by atoms with van der Waals surface area (Å²) in [5, 5.41) is 23.0. The molecule has 0 aliphatic carbocycles. The summed E-state index contributed by atoms with van der Waals surface area (Å²) in [7, 11) is 1.56. The molecule has 1 amide bonds. The summed E-state index contributed by atoms with van der Waals surface area (Å²) < 4.78 is 5.01. The third-order valence-electron chi connectivity index (χ3n) is 2.44. The summed E-state index contributed by atoms with van der Waals surface area (Å²) >= 11 is 0. The lowest BCUT2D eigenvalue weighted by Crippen LogP contribution is -2.17. The fraction of sp³-hybridized carbons (Fsp3) is 0.286. The number of rotatable bonds is 7. The van der Waals surface area contributed by atoms with Crippen LogP contribution in [0.5, 0.6) is 5.75 Å². The second-order valence-corrected chi connectivity index (χ2v) is 3.88. The van der Waals surface area contributed by atoms with Crippen molar-refractivity contribution < 1.29 is 14.6 Å². The molecule has 20 heavy (non-hydrogen) atoms. The Hall–Kier alpha value is -2.52. The normalized spacial score (nSPS) is 10.6. The van der Waals surface area contributed by atoms with Crippen molar-refractivity contribution in [3.8, 4) is 11.8 Å². The minimum absolute atomic E-state index is 0.0289. The molecule has 0 heterocycles. The van der Waals surface area contributed by atoms with Crippen LogP contribution in [-0.2, 0) is 4.79 Å². The first-order chi connectivity index (χ1) is 9.71. The van der Waals surface area contributed by atoms with Gasteiger partial charge in [0.15, 0.2) is 0 Å². The maximum absolute atomic E-state index is 11.8. The summed E-state index contributed by atoms with van der Waals surface area (Å²) in [6, 6.07) is 8.62. The fourth-order valence-electron chi connectivity index (χ4n) is 1.38. The Balaban J connectivity index is 2.60. The van der Waals surface area contributed by atoms with Crippen LogP contribution in [0.25, 0.3) is 0 Å². The molecule has 0 atom stereocenters. The van der Waals surface area contributed by atoms with Crippen LogP contribution in [0, 0.1) is 11.3 Å². The van der Waals surface area contributed by atoms with Crippen LogP contribution < -0.4 is 15.4 Å². The standard InChI is InChI=1S/C14H17N3O3/c1-20-13-5-3-12(4-6-13)17-14(19)11(9-15)10-16-7-2-8-18/h3-6,10,16,18H,2,7-8H2,1H3,(H,17,19)/b11-10-. The van der Waals surface area contributed by atoms with Gasteiger partial charge in [0.1, 0.15) is 17.4 Å². The number of aliphatic hydroxyl groups is 1. The van der Waals surface area contributed by atoms with E-state index in [2.05, 4.69) is 10.6 Å². The van der Waals surface area contributed by atoms with Crippen LogP contribution in [-0.4, -0.2) is 31.3 Å². The molecular formula is C14H17N3O3. The van der Waals surface area contributed by atoms with Gasteiger partial charge >= 0.3 is 0 Å². The van der Waals surface area contributed by atoms with Gasteiger partial charge in [0.05, 0.1) is 7.11 Å². The molecule has 1 aromatic carbocycles. The predicted molar refractivity (Wildman–Crippen MR) is 75.0 cm³/mol. The Morgan fingerprint density at radius 2 is 2.15 bits per heavy atom. The third-order valence-corrected chi connectivity index (χ3v) is 2.44. The van der Waals surface area contributed by atoms with Gasteiger partial charge < -0.3 is 20.5 Å². The van der Waals surface area contributed by atoms with Gasteiger partial charge in [0.25, 0.3) is 5.91 Å². The van der Waals surface area contributed by atoms with Crippen LogP contribution in [0.15, 0.2) is 36.0 Å². The maximum Gasteiger partial charge on any atom is 0.267 e. The highest BCUT2D eigenvalue weighted by molar-refractivity contribution is 6.06. The largest absolute Gasteiger partial charge is 0.497 e. The van der Waals surface area contributed by atoms with Crippen molar-refractivity contribution in [3.05, 3.63) is 36.0 Å². The molecular weight excluding hydrogens is 258 g/mol. The second kappa shape index (κ2) is 8.56. The van der Waals surface area contributed by atoms with Crippen molar-refractivity contribution in [1.29, 1.82) is 5.26 Å². The number of aliphatic hydroxyl groups excluding tert-OH is 1. The van der Waals surface area contributed by atoms with Gasteiger partial charge in [-0.25, -0.2) is 0 Å². The van der Waals surface area contributed by atoms with E-state index in [9.17, 15) is 4.79 Å². The minimum Gasteiger partial charge on any atom is -0.497 e. The summed E-state index contributed by atoms with van der Waals surface area (Å²) in [6.45, 7) is 0.554. The van der Waals surface area contributed by atoms with Crippen molar-refractivity contribution in [2.75, 3.05) is 25.6 Å². The van der Waals surface area contributed by atoms with Crippen molar-refractivity contribution in [3.63, 3.8) is 0 Å². The first-order valence-corrected chi connectivity index (χ1v) is 6.11. The van der Waals surface area contributed by atoms with Gasteiger partial charge in [0.2, 0.25) is 0 Å². The summed E-state index contributed by atoms with van der Waals surface area (Å²) in [4.78, 5) is 11.8. The molecule has 6 nitrogen and oxygen atoms in total. The molecule has 0 spiro atoms.